The van der Waals surface area contributed by atoms with Gasteiger partial charge in [0.1, 0.15) is 6.26 Å². The predicted octanol–water partition coefficient (Wildman–Crippen LogP) is 4.74. The maximum Gasteiger partial charge on any atom is 0.224 e. The van der Waals surface area contributed by atoms with E-state index >= 15 is 0 Å². The van der Waals surface area contributed by atoms with Crippen molar-refractivity contribution >= 4 is 23.1 Å². The summed E-state index contributed by atoms with van der Waals surface area (Å²) in [4.78, 5) is 16.8. The summed E-state index contributed by atoms with van der Waals surface area (Å²) in [7, 11) is 3.00. The molecule has 1 aliphatic carbocycles. The lowest BCUT2D eigenvalue weighted by atomic mass is 9.98. The summed E-state index contributed by atoms with van der Waals surface area (Å²) < 4.78 is 15.6. The summed E-state index contributed by atoms with van der Waals surface area (Å²) in [6.07, 6.45) is 5.13. The summed E-state index contributed by atoms with van der Waals surface area (Å²) in [6.45, 7) is 4.38. The Bertz CT molecular complexity index is 1230. The standard InChI is InChI=1S/C26H26N2O5/c1-15-5-6-19-20(8-17-9-23(31-3)26(30)24(10-17)32-4)16(2)21(22(19)7-15)11-25(29)27-12-18-13-33-14-28-18/h5-10,13-14,30H,11-12H2,1-4H3,(H,27,29)/b20-8-. The van der Waals surface area contributed by atoms with Crippen LogP contribution >= 0.6 is 0 Å². The monoisotopic (exact) mass is 446 g/mol. The molecule has 4 rings (SSSR count). The van der Waals surface area contributed by atoms with E-state index in [1.165, 1.54) is 26.9 Å². The fourth-order valence-electron chi connectivity index (χ4n) is 4.02. The van der Waals surface area contributed by atoms with Gasteiger partial charge in [-0.25, -0.2) is 4.98 Å². The third kappa shape index (κ3) is 4.48. The lowest BCUT2D eigenvalue weighted by Crippen LogP contribution is -2.22. The van der Waals surface area contributed by atoms with E-state index in [1.54, 1.807) is 12.1 Å². The van der Waals surface area contributed by atoms with E-state index in [2.05, 4.69) is 28.5 Å². The van der Waals surface area contributed by atoms with Crippen molar-refractivity contribution in [2.24, 2.45) is 0 Å². The molecule has 0 saturated carbocycles. The van der Waals surface area contributed by atoms with Gasteiger partial charge in [0, 0.05) is 0 Å². The Kier molecular flexibility index (Phi) is 6.22. The van der Waals surface area contributed by atoms with Gasteiger partial charge in [-0.15, -0.1) is 0 Å². The summed E-state index contributed by atoms with van der Waals surface area (Å²) in [5.41, 5.74) is 7.74. The van der Waals surface area contributed by atoms with Crippen molar-refractivity contribution in [1.29, 1.82) is 0 Å². The SMILES string of the molecule is COc1cc(/C=C2/C(C)=C(CC(=O)NCc3cocn3)c3cc(C)ccc32)cc(OC)c1O. The molecule has 2 N–H and O–H groups in total. The van der Waals surface area contributed by atoms with E-state index in [1.807, 2.05) is 19.9 Å². The first-order chi connectivity index (χ1) is 15.9. The molecular weight excluding hydrogens is 420 g/mol. The number of amides is 1. The van der Waals surface area contributed by atoms with Gasteiger partial charge in [-0.3, -0.25) is 4.79 Å². The molecule has 2 aromatic carbocycles. The number of carbonyl (C=O) groups excluding carboxylic acids is 1. The van der Waals surface area contributed by atoms with Crippen LogP contribution < -0.4 is 14.8 Å². The van der Waals surface area contributed by atoms with Gasteiger partial charge in [-0.2, -0.15) is 0 Å². The number of methoxy groups -OCH3 is 2. The molecule has 0 bridgehead atoms. The van der Waals surface area contributed by atoms with Crippen LogP contribution in [0.4, 0.5) is 0 Å². The van der Waals surface area contributed by atoms with Crippen LogP contribution in [0.3, 0.4) is 0 Å². The number of phenolic OH excluding ortho intramolecular Hbond substituents is 1. The molecule has 7 nitrogen and oxygen atoms in total. The number of ether oxygens (including phenoxy) is 2. The van der Waals surface area contributed by atoms with Gasteiger partial charge in [-0.1, -0.05) is 23.8 Å². The minimum absolute atomic E-state index is 0.0404. The number of carbonyl (C=O) groups is 1. The van der Waals surface area contributed by atoms with Crippen LogP contribution in [0.25, 0.3) is 17.2 Å². The number of hydrogen-bond acceptors (Lipinski definition) is 6. The molecule has 33 heavy (non-hydrogen) atoms. The third-order valence-corrected chi connectivity index (χ3v) is 5.75. The van der Waals surface area contributed by atoms with Crippen LogP contribution in [0.1, 0.15) is 41.3 Å². The molecule has 0 saturated heterocycles. The van der Waals surface area contributed by atoms with E-state index < -0.39 is 0 Å². The highest BCUT2D eigenvalue weighted by Gasteiger charge is 2.25. The van der Waals surface area contributed by atoms with Crippen molar-refractivity contribution in [3.05, 3.63) is 76.5 Å². The number of rotatable bonds is 7. The fourth-order valence-corrected chi connectivity index (χ4v) is 4.02. The van der Waals surface area contributed by atoms with Crippen LogP contribution in [0.2, 0.25) is 0 Å². The first kappa shape index (κ1) is 22.2. The molecule has 3 aromatic rings. The molecule has 1 heterocycles. The molecule has 170 valence electrons. The van der Waals surface area contributed by atoms with Crippen LogP contribution in [0, 0.1) is 6.92 Å². The first-order valence-electron chi connectivity index (χ1n) is 10.5. The number of aromatic nitrogens is 1. The zero-order valence-corrected chi connectivity index (χ0v) is 19.1. The Morgan fingerprint density at radius 1 is 1.12 bits per heavy atom. The largest absolute Gasteiger partial charge is 0.502 e. The Morgan fingerprint density at radius 2 is 1.85 bits per heavy atom. The van der Waals surface area contributed by atoms with Crippen molar-refractivity contribution in [3.8, 4) is 17.2 Å². The van der Waals surface area contributed by atoms with Crippen molar-refractivity contribution in [1.82, 2.24) is 10.3 Å². The first-order valence-corrected chi connectivity index (χ1v) is 10.5. The number of aryl methyl sites for hydroxylation is 1. The number of allylic oxidation sites excluding steroid dienone is 2. The number of benzene rings is 2. The van der Waals surface area contributed by atoms with E-state index in [4.69, 9.17) is 13.9 Å². The number of nitrogens with zero attached hydrogens (tertiary/aromatic N) is 1. The molecule has 0 aliphatic heterocycles. The number of fused-ring (bicyclic) bond motifs is 1. The fraction of sp³-hybridized carbons (Fsp3) is 0.231. The normalized spacial score (nSPS) is 13.9. The Morgan fingerprint density at radius 3 is 2.48 bits per heavy atom. The number of oxazole rings is 1. The second kappa shape index (κ2) is 9.24. The minimum atomic E-state index is -0.0889. The zero-order chi connectivity index (χ0) is 23.5. The molecule has 0 spiro atoms. The molecule has 0 unspecified atom stereocenters. The van der Waals surface area contributed by atoms with Gasteiger partial charge in [0.05, 0.1) is 32.9 Å². The Balaban J connectivity index is 1.70. The van der Waals surface area contributed by atoms with Crippen LogP contribution in [-0.2, 0) is 11.3 Å². The Labute approximate surface area is 192 Å². The number of nitrogens with one attached hydrogen (secondary N) is 1. The molecule has 1 amide bonds. The van der Waals surface area contributed by atoms with Gasteiger partial charge >= 0.3 is 0 Å². The average Bonchev–Trinajstić information content (AvgIpc) is 3.41. The number of hydrogen-bond donors (Lipinski definition) is 2. The molecule has 7 heteroatoms. The predicted molar refractivity (Wildman–Crippen MR) is 126 cm³/mol. The topological polar surface area (TPSA) is 93.8 Å². The van der Waals surface area contributed by atoms with Crippen molar-refractivity contribution in [2.45, 2.75) is 26.8 Å². The highest BCUT2D eigenvalue weighted by atomic mass is 16.5. The molecule has 0 atom stereocenters. The summed E-state index contributed by atoms with van der Waals surface area (Å²) in [5.74, 6) is 0.533. The van der Waals surface area contributed by atoms with E-state index in [0.717, 1.165) is 39.0 Å². The van der Waals surface area contributed by atoms with Crippen LogP contribution in [0.15, 0.2) is 53.0 Å². The highest BCUT2D eigenvalue weighted by Crippen LogP contribution is 2.45. The van der Waals surface area contributed by atoms with Crippen molar-refractivity contribution < 1.29 is 23.8 Å². The maximum atomic E-state index is 12.7. The van der Waals surface area contributed by atoms with Crippen molar-refractivity contribution in [2.75, 3.05) is 14.2 Å². The van der Waals surface area contributed by atoms with Gasteiger partial charge in [0.15, 0.2) is 17.9 Å². The summed E-state index contributed by atoms with van der Waals surface area (Å²) in [6, 6.07) is 9.77. The third-order valence-electron chi connectivity index (χ3n) is 5.75. The lowest BCUT2D eigenvalue weighted by molar-refractivity contribution is -0.120. The number of aromatic hydroxyl groups is 1. The highest BCUT2D eigenvalue weighted by molar-refractivity contribution is 6.08. The second-order valence-corrected chi connectivity index (χ2v) is 7.92. The molecular formula is C26H26N2O5. The lowest BCUT2D eigenvalue weighted by Gasteiger charge is -2.11. The van der Waals surface area contributed by atoms with E-state index in [-0.39, 0.29) is 18.1 Å². The van der Waals surface area contributed by atoms with E-state index in [9.17, 15) is 9.90 Å². The summed E-state index contributed by atoms with van der Waals surface area (Å²) in [5, 5.41) is 13.1. The maximum absolute atomic E-state index is 12.7. The number of phenols is 1. The van der Waals surface area contributed by atoms with E-state index in [0.29, 0.717) is 23.7 Å². The zero-order valence-electron chi connectivity index (χ0n) is 19.1. The van der Waals surface area contributed by atoms with Gasteiger partial charge in [-0.05, 0) is 65.5 Å². The van der Waals surface area contributed by atoms with Gasteiger partial charge in [0.25, 0.3) is 0 Å². The van der Waals surface area contributed by atoms with Crippen LogP contribution in [-0.4, -0.2) is 30.2 Å². The Hall–Kier alpha value is -4.00. The quantitative estimate of drug-likeness (QED) is 0.545. The van der Waals surface area contributed by atoms with Crippen LogP contribution in [0.5, 0.6) is 17.2 Å². The molecule has 0 fully saturated rings. The summed E-state index contributed by atoms with van der Waals surface area (Å²) >= 11 is 0. The average molecular weight is 447 g/mol. The minimum Gasteiger partial charge on any atom is -0.502 e. The van der Waals surface area contributed by atoms with Gasteiger partial charge < -0.3 is 24.3 Å². The molecule has 1 aliphatic rings. The second-order valence-electron chi connectivity index (χ2n) is 7.92. The van der Waals surface area contributed by atoms with Gasteiger partial charge in [0.2, 0.25) is 11.7 Å². The molecule has 1 aromatic heterocycles. The molecule has 0 radical (unpaired) electrons. The smallest absolute Gasteiger partial charge is 0.224 e. The van der Waals surface area contributed by atoms with Crippen molar-refractivity contribution in [3.63, 3.8) is 0 Å².